The summed E-state index contributed by atoms with van der Waals surface area (Å²) in [7, 11) is 0. The molecular formula is C14H10ClN3O2S. The summed E-state index contributed by atoms with van der Waals surface area (Å²) in [5.74, 6) is 0. The van der Waals surface area contributed by atoms with E-state index >= 15 is 0 Å². The van der Waals surface area contributed by atoms with E-state index in [0.717, 1.165) is 11.0 Å². The Morgan fingerprint density at radius 1 is 1.33 bits per heavy atom. The molecule has 0 saturated heterocycles. The fourth-order valence-corrected chi connectivity index (χ4v) is 2.85. The number of rotatable bonds is 2. The molecule has 2 aromatic carbocycles. The van der Waals surface area contributed by atoms with Crippen LogP contribution < -0.4 is 0 Å². The van der Waals surface area contributed by atoms with Crippen molar-refractivity contribution >= 4 is 40.5 Å². The molecule has 0 amide bonds. The minimum Gasteiger partial charge on any atom is -0.330 e. The SMILES string of the molecule is Cc1c(-n2c(=S)[nH]c3cc(Cl)ccc32)cccc1[N+](=O)[O-]. The van der Waals surface area contributed by atoms with Crippen molar-refractivity contribution in [2.45, 2.75) is 6.92 Å². The third kappa shape index (κ3) is 2.22. The molecule has 1 N–H and O–H groups in total. The highest BCUT2D eigenvalue weighted by molar-refractivity contribution is 7.71. The summed E-state index contributed by atoms with van der Waals surface area (Å²) in [6.07, 6.45) is 0. The molecule has 3 rings (SSSR count). The lowest BCUT2D eigenvalue weighted by Crippen LogP contribution is -2.00. The molecule has 21 heavy (non-hydrogen) atoms. The summed E-state index contributed by atoms with van der Waals surface area (Å²) in [5.41, 5.74) is 2.93. The first-order valence-electron chi connectivity index (χ1n) is 6.13. The summed E-state index contributed by atoms with van der Waals surface area (Å²) < 4.78 is 2.25. The van der Waals surface area contributed by atoms with Gasteiger partial charge < -0.3 is 4.98 Å². The van der Waals surface area contributed by atoms with E-state index < -0.39 is 4.92 Å². The van der Waals surface area contributed by atoms with Gasteiger partial charge in [0.1, 0.15) is 0 Å². The zero-order valence-corrected chi connectivity index (χ0v) is 12.5. The van der Waals surface area contributed by atoms with Crippen LogP contribution in [0.3, 0.4) is 0 Å². The highest BCUT2D eigenvalue weighted by Gasteiger charge is 2.16. The number of H-pyrrole nitrogens is 1. The number of hydrogen-bond donors (Lipinski definition) is 1. The summed E-state index contributed by atoms with van der Waals surface area (Å²) in [6.45, 7) is 1.71. The maximum absolute atomic E-state index is 11.1. The zero-order valence-electron chi connectivity index (χ0n) is 11.0. The van der Waals surface area contributed by atoms with E-state index in [1.54, 1.807) is 35.8 Å². The molecule has 0 spiro atoms. The second-order valence-corrected chi connectivity index (χ2v) is 5.43. The fourth-order valence-electron chi connectivity index (χ4n) is 2.37. The van der Waals surface area contributed by atoms with Gasteiger partial charge in [-0.15, -0.1) is 0 Å². The summed E-state index contributed by atoms with van der Waals surface area (Å²) in [4.78, 5) is 13.8. The van der Waals surface area contributed by atoms with Crippen LogP contribution >= 0.6 is 23.8 Å². The van der Waals surface area contributed by atoms with Gasteiger partial charge in [-0.3, -0.25) is 14.7 Å². The molecule has 0 aliphatic carbocycles. The van der Waals surface area contributed by atoms with Crippen LogP contribution in [0, 0.1) is 21.8 Å². The van der Waals surface area contributed by atoms with Crippen molar-refractivity contribution in [2.75, 3.05) is 0 Å². The maximum atomic E-state index is 11.1. The Bertz CT molecular complexity index is 930. The van der Waals surface area contributed by atoms with Crippen molar-refractivity contribution in [1.29, 1.82) is 0 Å². The van der Waals surface area contributed by atoms with E-state index in [0.29, 0.717) is 21.0 Å². The van der Waals surface area contributed by atoms with Crippen molar-refractivity contribution in [3.8, 4) is 5.69 Å². The van der Waals surface area contributed by atoms with Crippen molar-refractivity contribution in [1.82, 2.24) is 9.55 Å². The number of nitrogens with one attached hydrogen (secondary N) is 1. The number of aromatic nitrogens is 2. The van der Waals surface area contributed by atoms with Crippen LogP contribution in [0.1, 0.15) is 5.56 Å². The van der Waals surface area contributed by atoms with Gasteiger partial charge in [0.15, 0.2) is 4.77 Å². The molecule has 0 aliphatic heterocycles. The molecule has 0 bridgehead atoms. The topological polar surface area (TPSA) is 63.9 Å². The van der Waals surface area contributed by atoms with Crippen LogP contribution in [-0.4, -0.2) is 14.5 Å². The second kappa shape index (κ2) is 4.98. The van der Waals surface area contributed by atoms with Gasteiger partial charge in [-0.2, -0.15) is 0 Å². The highest BCUT2D eigenvalue weighted by atomic mass is 35.5. The van der Waals surface area contributed by atoms with E-state index in [9.17, 15) is 10.1 Å². The number of imidazole rings is 1. The average molecular weight is 320 g/mol. The van der Waals surface area contributed by atoms with Gasteiger partial charge in [-0.05, 0) is 43.4 Å². The predicted molar refractivity (Wildman–Crippen MR) is 84.9 cm³/mol. The molecule has 0 unspecified atom stereocenters. The molecule has 7 heteroatoms. The molecule has 5 nitrogen and oxygen atoms in total. The molecular weight excluding hydrogens is 310 g/mol. The van der Waals surface area contributed by atoms with Crippen molar-refractivity contribution in [3.63, 3.8) is 0 Å². The first kappa shape index (κ1) is 13.8. The Labute approximate surface area is 129 Å². The minimum atomic E-state index is -0.395. The first-order valence-corrected chi connectivity index (χ1v) is 6.92. The minimum absolute atomic E-state index is 0.0673. The van der Waals surface area contributed by atoms with Crippen LogP contribution in [0.5, 0.6) is 0 Å². The van der Waals surface area contributed by atoms with Gasteiger partial charge in [0.2, 0.25) is 0 Å². The van der Waals surface area contributed by atoms with Gasteiger partial charge in [0, 0.05) is 11.1 Å². The average Bonchev–Trinajstić information content (AvgIpc) is 2.74. The van der Waals surface area contributed by atoms with Crippen LogP contribution in [0.25, 0.3) is 16.7 Å². The summed E-state index contributed by atoms with van der Waals surface area (Å²) in [6, 6.07) is 10.3. The summed E-state index contributed by atoms with van der Waals surface area (Å²) >= 11 is 11.3. The number of nitro groups is 1. The Balaban J connectivity index is 2.36. The monoisotopic (exact) mass is 319 g/mol. The van der Waals surface area contributed by atoms with Gasteiger partial charge >= 0.3 is 0 Å². The number of nitrogens with zero attached hydrogens (tertiary/aromatic N) is 2. The second-order valence-electron chi connectivity index (χ2n) is 4.61. The van der Waals surface area contributed by atoms with Gasteiger partial charge in [-0.25, -0.2) is 0 Å². The molecule has 106 valence electrons. The molecule has 0 fully saturated rings. The van der Waals surface area contributed by atoms with Gasteiger partial charge in [0.05, 0.1) is 27.2 Å². The van der Waals surface area contributed by atoms with Gasteiger partial charge in [-0.1, -0.05) is 17.7 Å². The smallest absolute Gasteiger partial charge is 0.274 e. The quantitative estimate of drug-likeness (QED) is 0.428. The molecule has 1 heterocycles. The molecule has 0 saturated carbocycles. The molecule has 1 aromatic heterocycles. The number of fused-ring (bicyclic) bond motifs is 1. The molecule has 0 atom stereocenters. The van der Waals surface area contributed by atoms with Crippen LogP contribution in [-0.2, 0) is 0 Å². The van der Waals surface area contributed by atoms with E-state index in [4.69, 9.17) is 23.8 Å². The van der Waals surface area contributed by atoms with Crippen molar-refractivity contribution in [3.05, 3.63) is 61.9 Å². The maximum Gasteiger partial charge on any atom is 0.274 e. The summed E-state index contributed by atoms with van der Waals surface area (Å²) in [5, 5.41) is 11.7. The number of benzene rings is 2. The van der Waals surface area contributed by atoms with E-state index in [2.05, 4.69) is 4.98 Å². The van der Waals surface area contributed by atoms with E-state index in [-0.39, 0.29) is 5.69 Å². The van der Waals surface area contributed by atoms with Crippen LogP contribution in [0.2, 0.25) is 5.02 Å². The number of aromatic amines is 1. The van der Waals surface area contributed by atoms with Crippen LogP contribution in [0.4, 0.5) is 5.69 Å². The van der Waals surface area contributed by atoms with Crippen LogP contribution in [0.15, 0.2) is 36.4 Å². The standard InChI is InChI=1S/C14H10ClN3O2S/c1-8-11(3-2-4-12(8)18(19)20)17-13-6-5-9(15)7-10(13)16-14(17)21/h2-7H,1H3,(H,16,21). The Morgan fingerprint density at radius 2 is 2.10 bits per heavy atom. The third-order valence-corrected chi connectivity index (χ3v) is 3.88. The molecule has 0 aliphatic rings. The predicted octanol–water partition coefficient (Wildman–Crippen LogP) is 4.56. The lowest BCUT2D eigenvalue weighted by Gasteiger charge is -2.08. The van der Waals surface area contributed by atoms with Gasteiger partial charge in [0.25, 0.3) is 5.69 Å². The zero-order chi connectivity index (χ0) is 15.1. The fraction of sp³-hybridized carbons (Fsp3) is 0.0714. The lowest BCUT2D eigenvalue weighted by molar-refractivity contribution is -0.385. The van der Waals surface area contributed by atoms with E-state index in [1.165, 1.54) is 6.07 Å². The van der Waals surface area contributed by atoms with Crippen molar-refractivity contribution in [2.24, 2.45) is 0 Å². The Kier molecular flexibility index (Phi) is 3.27. The molecule has 0 radical (unpaired) electrons. The first-order chi connectivity index (χ1) is 9.99. The largest absolute Gasteiger partial charge is 0.330 e. The highest BCUT2D eigenvalue weighted by Crippen LogP contribution is 2.28. The van der Waals surface area contributed by atoms with Crippen molar-refractivity contribution < 1.29 is 4.92 Å². The normalized spacial score (nSPS) is 11.0. The number of nitro benzene ring substituents is 1. The van der Waals surface area contributed by atoms with E-state index in [1.807, 2.05) is 6.07 Å². The third-order valence-electron chi connectivity index (χ3n) is 3.36. The number of hydrogen-bond acceptors (Lipinski definition) is 3. The lowest BCUT2D eigenvalue weighted by atomic mass is 10.1. The Morgan fingerprint density at radius 3 is 2.81 bits per heavy atom. The number of halogens is 1. The molecule has 3 aromatic rings. The Hall–Kier alpha value is -2.18.